The summed E-state index contributed by atoms with van der Waals surface area (Å²) in [5, 5.41) is 0. The van der Waals surface area contributed by atoms with Crippen molar-refractivity contribution in [3.63, 3.8) is 0 Å². The van der Waals surface area contributed by atoms with E-state index in [-0.39, 0.29) is 5.91 Å². The van der Waals surface area contributed by atoms with Gasteiger partial charge in [-0.2, -0.15) is 0 Å². The van der Waals surface area contributed by atoms with E-state index in [9.17, 15) is 4.79 Å². The Bertz CT molecular complexity index is 919. The van der Waals surface area contributed by atoms with Crippen LogP contribution in [0.1, 0.15) is 10.4 Å². The van der Waals surface area contributed by atoms with Gasteiger partial charge in [-0.15, -0.1) is 0 Å². The molecule has 0 saturated carbocycles. The average Bonchev–Trinajstić information content (AvgIpc) is 3.28. The number of aromatic nitrogens is 4. The van der Waals surface area contributed by atoms with Crippen molar-refractivity contribution in [2.24, 2.45) is 0 Å². The molecule has 0 unspecified atom stereocenters. The first-order chi connectivity index (χ1) is 13.2. The molecule has 2 aromatic heterocycles. The van der Waals surface area contributed by atoms with E-state index in [0.717, 1.165) is 24.7 Å². The third-order valence-electron chi connectivity index (χ3n) is 4.61. The van der Waals surface area contributed by atoms with Crippen LogP contribution in [0.5, 0.6) is 5.75 Å². The van der Waals surface area contributed by atoms with E-state index in [1.807, 2.05) is 39.9 Å². The number of methoxy groups -OCH3 is 1. The third kappa shape index (κ3) is 3.59. The van der Waals surface area contributed by atoms with Gasteiger partial charge in [0.05, 0.1) is 7.11 Å². The van der Waals surface area contributed by atoms with Crippen LogP contribution in [-0.4, -0.2) is 63.6 Å². The first-order valence-electron chi connectivity index (χ1n) is 8.73. The first kappa shape index (κ1) is 17.0. The van der Waals surface area contributed by atoms with Crippen molar-refractivity contribution < 1.29 is 9.53 Å². The summed E-state index contributed by atoms with van der Waals surface area (Å²) in [7, 11) is 1.60. The van der Waals surface area contributed by atoms with Crippen molar-refractivity contribution in [3.05, 3.63) is 60.9 Å². The number of amides is 1. The molecule has 0 N–H and O–H groups in total. The van der Waals surface area contributed by atoms with E-state index in [1.54, 1.807) is 32.0 Å². The molecule has 8 heteroatoms. The van der Waals surface area contributed by atoms with E-state index >= 15 is 0 Å². The second-order valence-corrected chi connectivity index (χ2v) is 6.22. The Labute approximate surface area is 157 Å². The number of carbonyl (C=O) groups is 1. The zero-order chi connectivity index (χ0) is 18.6. The third-order valence-corrected chi connectivity index (χ3v) is 4.61. The van der Waals surface area contributed by atoms with Gasteiger partial charge in [0.15, 0.2) is 0 Å². The number of benzene rings is 1. The summed E-state index contributed by atoms with van der Waals surface area (Å²) in [6.07, 6.45) is 6.82. The van der Waals surface area contributed by atoms with Gasteiger partial charge < -0.3 is 14.5 Å². The summed E-state index contributed by atoms with van der Waals surface area (Å²) < 4.78 is 7.05. The van der Waals surface area contributed by atoms with Crippen LogP contribution in [0.15, 0.2) is 55.4 Å². The SMILES string of the molecule is COc1cccc(C(=O)N2CCN(c3cc(-n4ccnc4)ncn3)CC2)c1. The highest BCUT2D eigenvalue weighted by atomic mass is 16.5. The molecule has 1 aromatic carbocycles. The predicted molar refractivity (Wildman–Crippen MR) is 100 cm³/mol. The van der Waals surface area contributed by atoms with Crippen molar-refractivity contribution in [3.8, 4) is 11.6 Å². The molecule has 1 amide bonds. The molecule has 1 saturated heterocycles. The summed E-state index contributed by atoms with van der Waals surface area (Å²) in [5.41, 5.74) is 0.646. The van der Waals surface area contributed by atoms with Crippen molar-refractivity contribution in [2.75, 3.05) is 38.2 Å². The van der Waals surface area contributed by atoms with Gasteiger partial charge in [-0.1, -0.05) is 6.07 Å². The monoisotopic (exact) mass is 364 g/mol. The van der Waals surface area contributed by atoms with Crippen molar-refractivity contribution in [2.45, 2.75) is 0 Å². The molecule has 0 aliphatic carbocycles. The molecule has 8 nitrogen and oxygen atoms in total. The van der Waals surface area contributed by atoms with Crippen LogP contribution in [0.25, 0.3) is 5.82 Å². The van der Waals surface area contributed by atoms with Crippen molar-refractivity contribution in [1.29, 1.82) is 0 Å². The number of ether oxygens (including phenoxy) is 1. The lowest BCUT2D eigenvalue weighted by Crippen LogP contribution is -2.49. The maximum absolute atomic E-state index is 12.7. The van der Waals surface area contributed by atoms with E-state index < -0.39 is 0 Å². The zero-order valence-electron chi connectivity index (χ0n) is 15.0. The maximum Gasteiger partial charge on any atom is 0.254 e. The van der Waals surface area contributed by atoms with Gasteiger partial charge >= 0.3 is 0 Å². The minimum Gasteiger partial charge on any atom is -0.497 e. The van der Waals surface area contributed by atoms with Gasteiger partial charge in [-0.3, -0.25) is 9.36 Å². The van der Waals surface area contributed by atoms with Crippen LogP contribution in [-0.2, 0) is 0 Å². The van der Waals surface area contributed by atoms with E-state index in [1.165, 1.54) is 0 Å². The summed E-state index contributed by atoms with van der Waals surface area (Å²) >= 11 is 0. The molecule has 4 rings (SSSR count). The Kier molecular flexibility index (Phi) is 4.69. The van der Waals surface area contributed by atoms with Crippen molar-refractivity contribution >= 4 is 11.7 Å². The van der Waals surface area contributed by atoms with E-state index in [0.29, 0.717) is 24.4 Å². The Hall–Kier alpha value is -3.42. The number of hydrogen-bond donors (Lipinski definition) is 0. The minimum absolute atomic E-state index is 0.0235. The number of carbonyl (C=O) groups excluding carboxylic acids is 1. The van der Waals surface area contributed by atoms with Gasteiger partial charge in [0, 0.05) is 50.2 Å². The van der Waals surface area contributed by atoms with Crippen molar-refractivity contribution in [1.82, 2.24) is 24.4 Å². The molecule has 1 fully saturated rings. The van der Waals surface area contributed by atoms with Gasteiger partial charge in [0.25, 0.3) is 5.91 Å². The lowest BCUT2D eigenvalue weighted by atomic mass is 10.1. The highest BCUT2D eigenvalue weighted by Crippen LogP contribution is 2.18. The number of imidazole rings is 1. The van der Waals surface area contributed by atoms with Crippen LogP contribution in [0.4, 0.5) is 5.82 Å². The van der Waals surface area contributed by atoms with E-state index in [4.69, 9.17) is 4.74 Å². The Balaban J connectivity index is 1.43. The summed E-state index contributed by atoms with van der Waals surface area (Å²) in [6, 6.07) is 9.19. The minimum atomic E-state index is 0.0235. The van der Waals surface area contributed by atoms with Crippen LogP contribution >= 0.6 is 0 Å². The fourth-order valence-corrected chi connectivity index (χ4v) is 3.12. The Morgan fingerprint density at radius 3 is 2.63 bits per heavy atom. The lowest BCUT2D eigenvalue weighted by Gasteiger charge is -2.35. The standard InChI is InChI=1S/C19H20N6O2/c1-27-16-4-2-3-15(11-16)19(26)24-9-7-23(8-10-24)17-12-18(22-13-21-17)25-6-5-20-14-25/h2-6,11-14H,7-10H2,1H3. The molecule has 3 heterocycles. The quantitative estimate of drug-likeness (QED) is 0.700. The fraction of sp³-hybridized carbons (Fsp3) is 0.263. The van der Waals surface area contributed by atoms with Crippen LogP contribution < -0.4 is 9.64 Å². The van der Waals surface area contributed by atoms with Crippen LogP contribution in [0, 0.1) is 0 Å². The highest BCUT2D eigenvalue weighted by Gasteiger charge is 2.23. The molecule has 0 radical (unpaired) electrons. The topological polar surface area (TPSA) is 76.4 Å². The largest absolute Gasteiger partial charge is 0.497 e. The molecule has 0 bridgehead atoms. The molecule has 138 valence electrons. The van der Waals surface area contributed by atoms with Crippen LogP contribution in [0.2, 0.25) is 0 Å². The second kappa shape index (κ2) is 7.45. The fourth-order valence-electron chi connectivity index (χ4n) is 3.12. The van der Waals surface area contributed by atoms with Crippen LogP contribution in [0.3, 0.4) is 0 Å². The van der Waals surface area contributed by atoms with Gasteiger partial charge in [0.1, 0.15) is 30.0 Å². The molecular formula is C19H20N6O2. The van der Waals surface area contributed by atoms with Gasteiger partial charge in [-0.05, 0) is 18.2 Å². The Morgan fingerprint density at radius 1 is 1.07 bits per heavy atom. The van der Waals surface area contributed by atoms with Gasteiger partial charge in [-0.25, -0.2) is 15.0 Å². The lowest BCUT2D eigenvalue weighted by molar-refractivity contribution is 0.0746. The molecule has 0 spiro atoms. The number of rotatable bonds is 4. The summed E-state index contributed by atoms with van der Waals surface area (Å²) in [6.45, 7) is 2.72. The second-order valence-electron chi connectivity index (χ2n) is 6.22. The predicted octanol–water partition coefficient (Wildman–Crippen LogP) is 1.63. The first-order valence-corrected chi connectivity index (χ1v) is 8.73. The molecule has 27 heavy (non-hydrogen) atoms. The molecule has 3 aromatic rings. The number of anilines is 1. The normalized spacial score (nSPS) is 14.3. The summed E-state index contributed by atoms with van der Waals surface area (Å²) in [5.74, 6) is 2.33. The van der Waals surface area contributed by atoms with Gasteiger partial charge in [0.2, 0.25) is 0 Å². The zero-order valence-corrected chi connectivity index (χ0v) is 15.0. The molecule has 1 aliphatic rings. The highest BCUT2D eigenvalue weighted by molar-refractivity contribution is 5.94. The number of piperazine rings is 1. The molecular weight excluding hydrogens is 344 g/mol. The molecule has 0 atom stereocenters. The number of hydrogen-bond acceptors (Lipinski definition) is 6. The maximum atomic E-state index is 12.7. The molecule has 1 aliphatic heterocycles. The smallest absolute Gasteiger partial charge is 0.254 e. The number of nitrogens with zero attached hydrogens (tertiary/aromatic N) is 6. The average molecular weight is 364 g/mol. The summed E-state index contributed by atoms with van der Waals surface area (Å²) in [4.78, 5) is 29.5. The Morgan fingerprint density at radius 2 is 1.89 bits per heavy atom. The van der Waals surface area contributed by atoms with E-state index in [2.05, 4.69) is 19.9 Å².